The van der Waals surface area contributed by atoms with Gasteiger partial charge in [0.2, 0.25) is 0 Å². The minimum Gasteiger partial charge on any atom is -0.310 e. The van der Waals surface area contributed by atoms with Crippen molar-refractivity contribution in [2.45, 2.75) is 66.3 Å². The van der Waals surface area contributed by atoms with E-state index in [0.717, 1.165) is 18.4 Å². The van der Waals surface area contributed by atoms with Gasteiger partial charge in [0.1, 0.15) is 0 Å². The number of rotatable bonds is 4. The second-order valence-electron chi connectivity index (χ2n) is 7.45. The van der Waals surface area contributed by atoms with E-state index in [2.05, 4.69) is 51.4 Å². The van der Waals surface area contributed by atoms with Gasteiger partial charge in [-0.15, -0.1) is 11.3 Å². The summed E-state index contributed by atoms with van der Waals surface area (Å²) in [7, 11) is 0. The lowest BCUT2D eigenvalue weighted by molar-refractivity contribution is 0.133. The number of aryl methyl sites for hydroxylation is 1. The van der Waals surface area contributed by atoms with Crippen molar-refractivity contribution in [1.82, 2.24) is 5.32 Å². The van der Waals surface area contributed by atoms with Crippen molar-refractivity contribution in [2.24, 2.45) is 17.3 Å². The molecule has 1 unspecified atom stereocenters. The molecule has 0 aromatic carbocycles. The van der Waals surface area contributed by atoms with Crippen LogP contribution in [0.2, 0.25) is 0 Å². The normalized spacial score (nSPS) is 25.6. The van der Waals surface area contributed by atoms with E-state index in [1.54, 1.807) is 5.56 Å². The summed E-state index contributed by atoms with van der Waals surface area (Å²) in [6.45, 7) is 12.8. The Morgan fingerprint density at radius 3 is 2.35 bits per heavy atom. The molecule has 0 aliphatic heterocycles. The zero-order valence-corrected chi connectivity index (χ0v) is 14.6. The molecule has 1 N–H and O–H groups in total. The van der Waals surface area contributed by atoms with Gasteiger partial charge in [-0.1, -0.05) is 27.7 Å². The van der Waals surface area contributed by atoms with Crippen LogP contribution in [0.25, 0.3) is 0 Å². The van der Waals surface area contributed by atoms with Crippen LogP contribution in [0.4, 0.5) is 0 Å². The maximum absolute atomic E-state index is 3.76. The van der Waals surface area contributed by atoms with E-state index >= 15 is 0 Å². The van der Waals surface area contributed by atoms with Crippen LogP contribution in [0.3, 0.4) is 0 Å². The zero-order chi connectivity index (χ0) is 14.8. The van der Waals surface area contributed by atoms with E-state index in [1.165, 1.54) is 30.6 Å². The van der Waals surface area contributed by atoms with Crippen molar-refractivity contribution >= 4 is 11.3 Å². The molecule has 1 heterocycles. The average molecular weight is 294 g/mol. The Kier molecular flexibility index (Phi) is 5.30. The first kappa shape index (κ1) is 16.0. The second-order valence-corrected chi connectivity index (χ2v) is 8.57. The molecule has 114 valence electrons. The molecular formula is C18H31NS. The van der Waals surface area contributed by atoms with E-state index < -0.39 is 0 Å². The largest absolute Gasteiger partial charge is 0.310 e. The standard InChI is InChI=1S/C18H31NS/c1-6-19-17(16-11-12-20-13(16)2)14-7-9-15(10-8-14)18(3,4)5/h11-12,14-15,17,19H,6-10H2,1-5H3. The van der Waals surface area contributed by atoms with Gasteiger partial charge in [-0.05, 0) is 73.4 Å². The molecule has 2 rings (SSSR count). The van der Waals surface area contributed by atoms with Crippen LogP contribution in [0, 0.1) is 24.2 Å². The summed E-state index contributed by atoms with van der Waals surface area (Å²) in [6, 6.07) is 2.91. The molecule has 1 saturated carbocycles. The second kappa shape index (κ2) is 6.62. The van der Waals surface area contributed by atoms with E-state index in [0.29, 0.717) is 11.5 Å². The fourth-order valence-corrected chi connectivity index (χ4v) is 4.54. The number of hydrogen-bond donors (Lipinski definition) is 1. The van der Waals surface area contributed by atoms with Gasteiger partial charge in [0, 0.05) is 10.9 Å². The van der Waals surface area contributed by atoms with Crippen LogP contribution < -0.4 is 5.32 Å². The highest BCUT2D eigenvalue weighted by Gasteiger charge is 2.33. The summed E-state index contributed by atoms with van der Waals surface area (Å²) in [6.07, 6.45) is 5.57. The first-order valence-electron chi connectivity index (χ1n) is 8.20. The minimum absolute atomic E-state index is 0.483. The Morgan fingerprint density at radius 2 is 1.90 bits per heavy atom. The Bertz CT molecular complexity index is 407. The van der Waals surface area contributed by atoms with Gasteiger partial charge < -0.3 is 5.32 Å². The highest BCUT2D eigenvalue weighted by atomic mass is 32.1. The lowest BCUT2D eigenvalue weighted by Crippen LogP contribution is -2.33. The SMILES string of the molecule is CCNC(c1ccsc1C)C1CCC(C(C)(C)C)CC1. The molecule has 1 atom stereocenters. The van der Waals surface area contributed by atoms with Crippen LogP contribution in [0.1, 0.15) is 69.9 Å². The Hall–Kier alpha value is -0.340. The van der Waals surface area contributed by atoms with E-state index in [9.17, 15) is 0 Å². The van der Waals surface area contributed by atoms with Gasteiger partial charge in [0.25, 0.3) is 0 Å². The smallest absolute Gasteiger partial charge is 0.0359 e. The van der Waals surface area contributed by atoms with Crippen LogP contribution >= 0.6 is 11.3 Å². The summed E-state index contributed by atoms with van der Waals surface area (Å²) >= 11 is 1.89. The highest BCUT2D eigenvalue weighted by molar-refractivity contribution is 7.10. The predicted molar refractivity (Wildman–Crippen MR) is 90.4 cm³/mol. The third-order valence-corrected chi connectivity index (χ3v) is 5.99. The molecule has 20 heavy (non-hydrogen) atoms. The topological polar surface area (TPSA) is 12.0 Å². The first-order valence-corrected chi connectivity index (χ1v) is 9.08. The van der Waals surface area contributed by atoms with Crippen LogP contribution in [-0.2, 0) is 0 Å². The van der Waals surface area contributed by atoms with Crippen molar-refractivity contribution < 1.29 is 0 Å². The monoisotopic (exact) mass is 293 g/mol. The molecule has 1 aromatic rings. The molecule has 1 nitrogen and oxygen atoms in total. The summed E-state index contributed by atoms with van der Waals surface area (Å²) in [4.78, 5) is 1.49. The summed E-state index contributed by atoms with van der Waals surface area (Å²) in [5.74, 6) is 1.73. The molecule has 1 aliphatic rings. The molecule has 0 spiro atoms. The third kappa shape index (κ3) is 3.65. The van der Waals surface area contributed by atoms with E-state index in [4.69, 9.17) is 0 Å². The predicted octanol–water partition coefficient (Wildman–Crippen LogP) is 5.56. The van der Waals surface area contributed by atoms with E-state index in [1.807, 2.05) is 11.3 Å². The van der Waals surface area contributed by atoms with Gasteiger partial charge >= 0.3 is 0 Å². The quantitative estimate of drug-likeness (QED) is 0.766. The van der Waals surface area contributed by atoms with Gasteiger partial charge in [-0.25, -0.2) is 0 Å². The summed E-state index contributed by atoms with van der Waals surface area (Å²) in [5, 5.41) is 6.00. The van der Waals surface area contributed by atoms with Crippen LogP contribution in [-0.4, -0.2) is 6.54 Å². The molecule has 1 aromatic heterocycles. The van der Waals surface area contributed by atoms with Crippen molar-refractivity contribution in [3.8, 4) is 0 Å². The maximum Gasteiger partial charge on any atom is 0.0359 e. The fraction of sp³-hybridized carbons (Fsp3) is 0.778. The average Bonchev–Trinajstić information content (AvgIpc) is 2.81. The van der Waals surface area contributed by atoms with Crippen molar-refractivity contribution in [3.05, 3.63) is 21.9 Å². The number of thiophene rings is 1. The lowest BCUT2D eigenvalue weighted by Gasteiger charge is -2.39. The Morgan fingerprint density at radius 1 is 1.25 bits per heavy atom. The van der Waals surface area contributed by atoms with Gasteiger partial charge in [-0.2, -0.15) is 0 Å². The summed E-state index contributed by atoms with van der Waals surface area (Å²) in [5.41, 5.74) is 2.03. The highest BCUT2D eigenvalue weighted by Crippen LogP contribution is 2.44. The fourth-order valence-electron chi connectivity index (χ4n) is 3.79. The molecule has 0 bridgehead atoms. The van der Waals surface area contributed by atoms with Crippen molar-refractivity contribution in [1.29, 1.82) is 0 Å². The van der Waals surface area contributed by atoms with E-state index in [-0.39, 0.29) is 0 Å². The lowest BCUT2D eigenvalue weighted by atomic mass is 9.68. The minimum atomic E-state index is 0.483. The molecular weight excluding hydrogens is 262 g/mol. The third-order valence-electron chi connectivity index (χ3n) is 5.13. The van der Waals surface area contributed by atoms with Gasteiger partial charge in [-0.3, -0.25) is 0 Å². The molecule has 0 amide bonds. The summed E-state index contributed by atoms with van der Waals surface area (Å²) < 4.78 is 0. The van der Waals surface area contributed by atoms with Crippen molar-refractivity contribution in [3.63, 3.8) is 0 Å². The number of hydrogen-bond acceptors (Lipinski definition) is 2. The molecule has 2 heteroatoms. The van der Waals surface area contributed by atoms with Gasteiger partial charge in [0.05, 0.1) is 0 Å². The van der Waals surface area contributed by atoms with Crippen LogP contribution in [0.15, 0.2) is 11.4 Å². The van der Waals surface area contributed by atoms with Crippen molar-refractivity contribution in [2.75, 3.05) is 6.54 Å². The maximum atomic E-state index is 3.76. The molecule has 0 radical (unpaired) electrons. The molecule has 1 aliphatic carbocycles. The first-order chi connectivity index (χ1) is 9.43. The molecule has 1 fully saturated rings. The molecule has 0 saturated heterocycles. The Balaban J connectivity index is 2.04. The van der Waals surface area contributed by atoms with Gasteiger partial charge in [0.15, 0.2) is 0 Å². The van der Waals surface area contributed by atoms with Crippen LogP contribution in [0.5, 0.6) is 0 Å². The Labute approximate surface area is 129 Å². The number of nitrogens with one attached hydrogen (secondary N) is 1. The zero-order valence-electron chi connectivity index (χ0n) is 13.8.